The Morgan fingerprint density at radius 1 is 1.42 bits per heavy atom. The minimum Gasteiger partial charge on any atom is -0.480 e. The molecule has 0 aromatic heterocycles. The number of aliphatic carboxylic acids is 1. The molecule has 3 N–H and O–H groups in total. The Morgan fingerprint density at radius 2 is 1.95 bits per heavy atom. The van der Waals surface area contributed by atoms with Gasteiger partial charge in [-0.05, 0) is 58.9 Å². The van der Waals surface area contributed by atoms with Gasteiger partial charge in [-0.3, -0.25) is 4.79 Å². The normalized spacial score (nSPS) is 28.9. The van der Waals surface area contributed by atoms with Gasteiger partial charge in [-0.2, -0.15) is 0 Å². The summed E-state index contributed by atoms with van der Waals surface area (Å²) in [6, 6.07) is 0.789. The van der Waals surface area contributed by atoms with Crippen LogP contribution in [0, 0.1) is 5.92 Å². The maximum absolute atomic E-state index is 11.1. The molecule has 0 aliphatic heterocycles. The number of carbonyl (C=O) groups is 1. The van der Waals surface area contributed by atoms with Gasteiger partial charge in [-0.15, -0.1) is 0 Å². The molecule has 0 aromatic carbocycles. The molecule has 1 aliphatic rings. The molecule has 0 spiro atoms. The number of rotatable bonds is 6. The first-order valence-electron chi connectivity index (χ1n) is 7.52. The summed E-state index contributed by atoms with van der Waals surface area (Å²) in [5.74, 6) is -0.0267. The zero-order valence-corrected chi connectivity index (χ0v) is 12.9. The predicted octanol–water partition coefficient (Wildman–Crippen LogP) is 2.47. The Kier molecular flexibility index (Phi) is 5.81. The van der Waals surface area contributed by atoms with Crippen LogP contribution in [0.2, 0.25) is 0 Å². The molecule has 1 saturated carbocycles. The first-order chi connectivity index (χ1) is 8.77. The summed E-state index contributed by atoms with van der Waals surface area (Å²) in [6.07, 6.45) is 6.84. The molecule has 0 radical (unpaired) electrons. The van der Waals surface area contributed by atoms with Crippen LogP contribution in [-0.2, 0) is 4.79 Å². The van der Waals surface area contributed by atoms with Crippen LogP contribution >= 0.6 is 0 Å². The van der Waals surface area contributed by atoms with Crippen molar-refractivity contribution >= 4 is 5.97 Å². The van der Waals surface area contributed by atoms with Gasteiger partial charge < -0.3 is 15.7 Å². The highest BCUT2D eigenvalue weighted by Crippen LogP contribution is 2.30. The summed E-state index contributed by atoms with van der Waals surface area (Å²) < 4.78 is 0. The second-order valence-corrected chi connectivity index (χ2v) is 6.52. The molecular weight excluding hydrogens is 240 g/mol. The van der Waals surface area contributed by atoms with Crippen molar-refractivity contribution in [3.63, 3.8) is 0 Å². The smallest absolute Gasteiger partial charge is 0.323 e. The molecule has 0 heterocycles. The second kappa shape index (κ2) is 6.71. The van der Waals surface area contributed by atoms with Crippen molar-refractivity contribution in [1.29, 1.82) is 0 Å². The number of carboxylic acid groups (broad SMARTS) is 1. The first kappa shape index (κ1) is 16.4. The van der Waals surface area contributed by atoms with Gasteiger partial charge in [-0.1, -0.05) is 13.3 Å². The molecule has 19 heavy (non-hydrogen) atoms. The lowest BCUT2D eigenvalue weighted by molar-refractivity contribution is -0.143. The van der Waals surface area contributed by atoms with Gasteiger partial charge in [0.25, 0.3) is 0 Å². The summed E-state index contributed by atoms with van der Waals surface area (Å²) in [5, 5.41) is 9.11. The highest BCUT2D eigenvalue weighted by atomic mass is 16.4. The minimum absolute atomic E-state index is 0.203. The Morgan fingerprint density at radius 3 is 2.37 bits per heavy atom. The molecule has 1 rings (SSSR count). The molecule has 112 valence electrons. The van der Waals surface area contributed by atoms with Crippen LogP contribution in [0.5, 0.6) is 0 Å². The van der Waals surface area contributed by atoms with E-state index in [0.717, 1.165) is 5.92 Å². The van der Waals surface area contributed by atoms with E-state index in [9.17, 15) is 4.79 Å². The van der Waals surface area contributed by atoms with Gasteiger partial charge in [0, 0.05) is 12.1 Å². The van der Waals surface area contributed by atoms with Crippen LogP contribution in [0.15, 0.2) is 0 Å². The summed E-state index contributed by atoms with van der Waals surface area (Å²) in [5.41, 5.74) is 4.71. The predicted molar refractivity (Wildman–Crippen MR) is 78.1 cm³/mol. The number of nitrogens with two attached hydrogens (primary N) is 1. The summed E-state index contributed by atoms with van der Waals surface area (Å²) in [6.45, 7) is 5.96. The summed E-state index contributed by atoms with van der Waals surface area (Å²) in [4.78, 5) is 13.4. The molecule has 2 unspecified atom stereocenters. The Balaban J connectivity index is 2.49. The Hall–Kier alpha value is -0.610. The second-order valence-electron chi connectivity index (χ2n) is 6.52. The van der Waals surface area contributed by atoms with E-state index in [4.69, 9.17) is 10.8 Å². The SMILES string of the molecule is CCC1CCC(N(C)C(C)CC(C)(N)C(=O)O)CC1. The van der Waals surface area contributed by atoms with Crippen molar-refractivity contribution in [3.8, 4) is 0 Å². The monoisotopic (exact) mass is 270 g/mol. The molecule has 0 bridgehead atoms. The van der Waals surface area contributed by atoms with Crippen LogP contribution < -0.4 is 5.73 Å². The minimum atomic E-state index is -1.13. The maximum Gasteiger partial charge on any atom is 0.323 e. The standard InChI is InChI=1S/C15H30N2O2/c1-5-12-6-8-13(9-7-12)17(4)11(2)10-15(3,16)14(18)19/h11-13H,5-10,16H2,1-4H3,(H,18,19). The Labute approximate surface area is 117 Å². The topological polar surface area (TPSA) is 66.6 Å². The van der Waals surface area contributed by atoms with Gasteiger partial charge in [0.1, 0.15) is 5.54 Å². The molecule has 2 atom stereocenters. The third kappa shape index (κ3) is 4.46. The zero-order chi connectivity index (χ0) is 14.6. The van der Waals surface area contributed by atoms with Crippen LogP contribution in [-0.4, -0.2) is 40.6 Å². The highest BCUT2D eigenvalue weighted by Gasteiger charge is 2.33. The quantitative estimate of drug-likeness (QED) is 0.778. The third-order valence-corrected chi connectivity index (χ3v) is 4.87. The molecule has 0 saturated heterocycles. The van der Waals surface area contributed by atoms with Gasteiger partial charge in [0.2, 0.25) is 0 Å². The fourth-order valence-electron chi connectivity index (χ4n) is 3.17. The number of carboxylic acids is 1. The molecule has 0 aromatic rings. The molecule has 1 fully saturated rings. The zero-order valence-electron chi connectivity index (χ0n) is 12.9. The highest BCUT2D eigenvalue weighted by molar-refractivity contribution is 5.77. The van der Waals surface area contributed by atoms with Crippen molar-refractivity contribution in [2.45, 2.75) is 76.9 Å². The van der Waals surface area contributed by atoms with E-state index in [1.54, 1.807) is 6.92 Å². The lowest BCUT2D eigenvalue weighted by Crippen LogP contribution is -2.51. The molecule has 4 nitrogen and oxygen atoms in total. The maximum atomic E-state index is 11.1. The fourth-order valence-corrected chi connectivity index (χ4v) is 3.17. The van der Waals surface area contributed by atoms with E-state index < -0.39 is 11.5 Å². The van der Waals surface area contributed by atoms with Crippen LogP contribution in [0.3, 0.4) is 0 Å². The van der Waals surface area contributed by atoms with E-state index in [1.807, 2.05) is 0 Å². The van der Waals surface area contributed by atoms with Gasteiger partial charge >= 0.3 is 5.97 Å². The molecule has 4 heteroatoms. The van der Waals surface area contributed by atoms with E-state index in [2.05, 4.69) is 25.8 Å². The van der Waals surface area contributed by atoms with Crippen molar-refractivity contribution in [1.82, 2.24) is 4.90 Å². The largest absolute Gasteiger partial charge is 0.480 e. The Bertz CT molecular complexity index is 297. The fraction of sp³-hybridized carbons (Fsp3) is 0.933. The van der Waals surface area contributed by atoms with E-state index in [0.29, 0.717) is 12.5 Å². The lowest BCUT2D eigenvalue weighted by Gasteiger charge is -2.39. The number of hydrogen-bond donors (Lipinski definition) is 2. The lowest BCUT2D eigenvalue weighted by atomic mass is 9.83. The van der Waals surface area contributed by atoms with Crippen LogP contribution in [0.25, 0.3) is 0 Å². The van der Waals surface area contributed by atoms with Crippen LogP contribution in [0.1, 0.15) is 59.3 Å². The number of hydrogen-bond acceptors (Lipinski definition) is 3. The first-order valence-corrected chi connectivity index (χ1v) is 7.52. The van der Waals surface area contributed by atoms with Gasteiger partial charge in [0.05, 0.1) is 0 Å². The third-order valence-electron chi connectivity index (χ3n) is 4.87. The average Bonchev–Trinajstić information content (AvgIpc) is 2.37. The van der Waals surface area contributed by atoms with Gasteiger partial charge in [0.15, 0.2) is 0 Å². The average molecular weight is 270 g/mol. The van der Waals surface area contributed by atoms with E-state index >= 15 is 0 Å². The summed E-state index contributed by atoms with van der Waals surface area (Å²) >= 11 is 0. The van der Waals surface area contributed by atoms with Crippen molar-refractivity contribution in [2.75, 3.05) is 7.05 Å². The molecular formula is C15H30N2O2. The van der Waals surface area contributed by atoms with Crippen molar-refractivity contribution in [3.05, 3.63) is 0 Å². The van der Waals surface area contributed by atoms with Crippen LogP contribution in [0.4, 0.5) is 0 Å². The van der Waals surface area contributed by atoms with Crippen molar-refractivity contribution in [2.24, 2.45) is 11.7 Å². The van der Waals surface area contributed by atoms with E-state index in [-0.39, 0.29) is 6.04 Å². The summed E-state index contributed by atoms with van der Waals surface area (Å²) in [7, 11) is 2.11. The van der Waals surface area contributed by atoms with Gasteiger partial charge in [-0.25, -0.2) is 0 Å². The van der Waals surface area contributed by atoms with Crippen molar-refractivity contribution < 1.29 is 9.90 Å². The number of nitrogens with zero attached hydrogens (tertiary/aromatic N) is 1. The molecule has 1 aliphatic carbocycles. The molecule has 0 amide bonds. The van der Waals surface area contributed by atoms with E-state index in [1.165, 1.54) is 32.1 Å².